The highest BCUT2D eigenvalue weighted by Crippen LogP contribution is 2.00. The zero-order chi connectivity index (χ0) is 10.6. The van der Waals surface area contributed by atoms with Crippen molar-refractivity contribution in [2.45, 2.75) is 18.9 Å². The van der Waals surface area contributed by atoms with E-state index in [1.165, 1.54) is 0 Å². The summed E-state index contributed by atoms with van der Waals surface area (Å²) >= 11 is 0. The maximum Gasteiger partial charge on any atom is 0.254 e. The Balaban J connectivity index is 2.61. The molecule has 0 saturated heterocycles. The van der Waals surface area contributed by atoms with Gasteiger partial charge < -0.3 is 15.2 Å². The molecule has 1 aliphatic rings. The maximum atomic E-state index is 10.5. The van der Waals surface area contributed by atoms with Gasteiger partial charge in [0, 0.05) is 6.54 Å². The van der Waals surface area contributed by atoms with Crippen LogP contribution in [0.3, 0.4) is 0 Å². The monoisotopic (exact) mass is 201 g/mol. The zero-order valence-corrected chi connectivity index (χ0v) is 7.23. The Hall–Kier alpha value is -1.86. The van der Waals surface area contributed by atoms with Crippen LogP contribution in [-0.2, 0) is 4.79 Å². The van der Waals surface area contributed by atoms with Gasteiger partial charge in [0.15, 0.2) is 5.03 Å². The molecule has 1 atom stereocenters. The van der Waals surface area contributed by atoms with Gasteiger partial charge in [-0.25, -0.2) is 15.1 Å². The number of guanidine groups is 1. The molecule has 0 unspecified atom stereocenters. The number of nitrogens with zero attached hydrogens (tertiary/aromatic N) is 2. The lowest BCUT2D eigenvalue weighted by molar-refractivity contribution is -0.525. The van der Waals surface area contributed by atoms with E-state index in [4.69, 9.17) is 0 Å². The third-order valence-electron chi connectivity index (χ3n) is 1.71. The molecule has 0 aromatic rings. The first-order valence-electron chi connectivity index (χ1n) is 4.02. The van der Waals surface area contributed by atoms with E-state index in [2.05, 4.69) is 10.3 Å². The van der Waals surface area contributed by atoms with Crippen LogP contribution in [0.4, 0.5) is 0 Å². The lowest BCUT2D eigenvalue weighted by Crippen LogP contribution is -2.51. The topological polar surface area (TPSA) is 120 Å². The highest BCUT2D eigenvalue weighted by molar-refractivity contribution is 5.84. The van der Waals surface area contributed by atoms with Crippen molar-refractivity contribution in [2.24, 2.45) is 4.99 Å². The van der Waals surface area contributed by atoms with E-state index in [9.17, 15) is 20.0 Å². The fourth-order valence-electron chi connectivity index (χ4n) is 1.10. The van der Waals surface area contributed by atoms with Crippen LogP contribution in [0, 0.1) is 10.1 Å². The van der Waals surface area contributed by atoms with Crippen LogP contribution >= 0.6 is 0 Å². The minimum Gasteiger partial charge on any atom is -0.548 e. The smallest absolute Gasteiger partial charge is 0.254 e. The van der Waals surface area contributed by atoms with Gasteiger partial charge in [-0.1, -0.05) is 5.43 Å². The molecule has 0 spiro atoms. The van der Waals surface area contributed by atoms with Crippen LogP contribution in [0.1, 0.15) is 12.8 Å². The summed E-state index contributed by atoms with van der Waals surface area (Å²) in [5.74, 6) is -1.42. The first-order valence-corrected chi connectivity index (χ1v) is 4.02. The number of nitro groups is 1. The second-order valence-electron chi connectivity index (χ2n) is 2.76. The number of carbonyl (C=O) groups is 1. The largest absolute Gasteiger partial charge is 0.548 e. The van der Waals surface area contributed by atoms with Crippen molar-refractivity contribution < 1.29 is 14.9 Å². The molecule has 78 valence electrons. The summed E-state index contributed by atoms with van der Waals surface area (Å²) in [7, 11) is 0. The van der Waals surface area contributed by atoms with E-state index in [0.29, 0.717) is 19.4 Å². The minimum atomic E-state index is -1.29. The van der Waals surface area contributed by atoms with Crippen LogP contribution in [0.2, 0.25) is 0 Å². The molecule has 1 aliphatic heterocycles. The summed E-state index contributed by atoms with van der Waals surface area (Å²) in [6.07, 6.45) is 0.892. The van der Waals surface area contributed by atoms with Gasteiger partial charge in [-0.05, 0) is 12.8 Å². The van der Waals surface area contributed by atoms with Crippen molar-refractivity contribution in [2.75, 3.05) is 6.54 Å². The third kappa shape index (κ3) is 2.88. The molecule has 8 nitrogen and oxygen atoms in total. The summed E-state index contributed by atoms with van der Waals surface area (Å²) in [6, 6.07) is -0.927. The van der Waals surface area contributed by atoms with E-state index < -0.39 is 17.0 Å². The van der Waals surface area contributed by atoms with Crippen LogP contribution in [0.5, 0.6) is 0 Å². The molecule has 0 aromatic heterocycles. The molecule has 0 aliphatic carbocycles. The van der Waals surface area contributed by atoms with Crippen LogP contribution in [0.25, 0.3) is 0 Å². The standard InChI is InChI=1S/C6H10N4O4/c11-5(12)4-2-1-3-7-6(8-4)9-10(13)14/h4H,1-3H2,(H,11,12)(H2,7,8,9)/p-1/t4-/m0/s1. The first-order chi connectivity index (χ1) is 6.59. The Morgan fingerprint density at radius 3 is 3.00 bits per heavy atom. The van der Waals surface area contributed by atoms with Crippen molar-refractivity contribution >= 4 is 11.9 Å². The quantitative estimate of drug-likeness (QED) is 0.380. The molecule has 1 heterocycles. The number of hydrogen-bond acceptors (Lipinski definition) is 6. The lowest BCUT2D eigenvalue weighted by Gasteiger charge is -2.17. The van der Waals surface area contributed by atoms with Gasteiger partial charge in [0.1, 0.15) is 0 Å². The number of rotatable bonds is 2. The van der Waals surface area contributed by atoms with Gasteiger partial charge in [-0.3, -0.25) is 0 Å². The van der Waals surface area contributed by atoms with Crippen LogP contribution in [-0.4, -0.2) is 29.5 Å². The van der Waals surface area contributed by atoms with Gasteiger partial charge in [0.2, 0.25) is 0 Å². The number of hydrogen-bond donors (Lipinski definition) is 2. The predicted molar refractivity (Wildman–Crippen MR) is 43.6 cm³/mol. The van der Waals surface area contributed by atoms with Crippen molar-refractivity contribution in [3.05, 3.63) is 10.1 Å². The average Bonchev–Trinajstić information content (AvgIpc) is 2.28. The molecule has 2 N–H and O–H groups in total. The van der Waals surface area contributed by atoms with Crippen LogP contribution in [0.15, 0.2) is 4.99 Å². The summed E-state index contributed by atoms with van der Waals surface area (Å²) in [5.41, 5.74) is 1.78. The number of carboxylic acids is 1. The van der Waals surface area contributed by atoms with Gasteiger partial charge in [-0.2, -0.15) is 0 Å². The number of aliphatic imine (C=N–C) groups is 1. The molecule has 8 heteroatoms. The normalized spacial score (nSPS) is 21.4. The number of carbonyl (C=O) groups excluding carboxylic acids is 1. The highest BCUT2D eigenvalue weighted by atomic mass is 16.7. The zero-order valence-electron chi connectivity index (χ0n) is 7.23. The second-order valence-corrected chi connectivity index (χ2v) is 2.76. The minimum absolute atomic E-state index is 0.137. The van der Waals surface area contributed by atoms with Gasteiger partial charge in [0.05, 0.1) is 12.0 Å². The predicted octanol–water partition coefficient (Wildman–Crippen LogP) is -2.37. The highest BCUT2D eigenvalue weighted by Gasteiger charge is 2.17. The molecular formula is C6H9N4O4-. The fourth-order valence-corrected chi connectivity index (χ4v) is 1.10. The van der Waals surface area contributed by atoms with Crippen molar-refractivity contribution in [1.82, 2.24) is 10.7 Å². The SMILES string of the molecule is O=C([O-])[C@@H]1CCCN=C(N[N+](=O)[O-])N1. The van der Waals surface area contributed by atoms with Crippen LogP contribution < -0.4 is 15.8 Å². The summed E-state index contributed by atoms with van der Waals surface area (Å²) in [4.78, 5) is 24.3. The third-order valence-corrected chi connectivity index (χ3v) is 1.71. The Morgan fingerprint density at radius 1 is 1.71 bits per heavy atom. The summed E-state index contributed by atoms with van der Waals surface area (Å²) in [6.45, 7) is 0.354. The number of aliphatic carboxylic acids is 1. The van der Waals surface area contributed by atoms with Crippen molar-refractivity contribution in [1.29, 1.82) is 0 Å². The maximum absolute atomic E-state index is 10.5. The van der Waals surface area contributed by atoms with Gasteiger partial charge in [0.25, 0.3) is 5.96 Å². The van der Waals surface area contributed by atoms with E-state index >= 15 is 0 Å². The number of carboxylic acid groups (broad SMARTS) is 1. The van der Waals surface area contributed by atoms with Crippen molar-refractivity contribution in [3.63, 3.8) is 0 Å². The number of hydrazine groups is 1. The van der Waals surface area contributed by atoms with Gasteiger partial charge in [-0.15, -0.1) is 0 Å². The Bertz CT molecular complexity index is 277. The van der Waals surface area contributed by atoms with E-state index in [0.717, 1.165) is 0 Å². The number of nitrogens with one attached hydrogen (secondary N) is 2. The Morgan fingerprint density at radius 2 is 2.43 bits per heavy atom. The first kappa shape index (κ1) is 10.2. The molecule has 0 radical (unpaired) electrons. The molecular weight excluding hydrogens is 192 g/mol. The van der Waals surface area contributed by atoms with E-state index in [1.54, 1.807) is 5.43 Å². The lowest BCUT2D eigenvalue weighted by atomic mass is 10.2. The van der Waals surface area contributed by atoms with Crippen molar-refractivity contribution in [3.8, 4) is 0 Å². The Kier molecular flexibility index (Phi) is 3.21. The molecule has 14 heavy (non-hydrogen) atoms. The fraction of sp³-hybridized carbons (Fsp3) is 0.667. The molecule has 0 saturated carbocycles. The van der Waals surface area contributed by atoms with Gasteiger partial charge >= 0.3 is 0 Å². The Labute approximate surface area is 79.1 Å². The molecule has 0 aromatic carbocycles. The molecule has 0 fully saturated rings. The molecule has 1 rings (SSSR count). The van der Waals surface area contributed by atoms with E-state index in [-0.39, 0.29) is 5.96 Å². The second kappa shape index (κ2) is 4.40. The molecule has 0 amide bonds. The average molecular weight is 201 g/mol. The molecule has 0 bridgehead atoms. The summed E-state index contributed by atoms with van der Waals surface area (Å²) < 4.78 is 0. The summed E-state index contributed by atoms with van der Waals surface area (Å²) in [5, 5.41) is 22.2. The van der Waals surface area contributed by atoms with E-state index in [1.807, 2.05) is 0 Å².